The van der Waals surface area contributed by atoms with Gasteiger partial charge in [0.1, 0.15) is 0 Å². The molecule has 2 aromatic heterocycles. The van der Waals surface area contributed by atoms with Crippen LogP contribution < -0.4 is 5.32 Å². The molecule has 1 aliphatic rings. The van der Waals surface area contributed by atoms with Gasteiger partial charge in [-0.15, -0.1) is 0 Å². The molecule has 1 N–H and O–H groups in total. The molecule has 3 heterocycles. The Labute approximate surface area is 196 Å². The Bertz CT molecular complexity index is 1080. The smallest absolute Gasteiger partial charge is 0.170 e. The van der Waals surface area contributed by atoms with Crippen molar-refractivity contribution in [3.8, 4) is 5.69 Å². The summed E-state index contributed by atoms with van der Waals surface area (Å²) in [6.45, 7) is 8.17. The first-order valence-corrected chi connectivity index (χ1v) is 11.7. The van der Waals surface area contributed by atoms with Crippen molar-refractivity contribution in [2.24, 2.45) is 0 Å². The second-order valence-corrected chi connectivity index (χ2v) is 8.70. The number of methoxy groups -OCH3 is 1. The standard InChI is InChI=1S/C26H32N4OS/c1-5-20-11-6-7-13-23(20)30-18(2)17-21(19(30)3)25-24(22-12-8-9-14-27-22)28-26(32)29(25)15-10-16-31-4/h6-9,11-14,17,24-25H,5,10,15-16H2,1-4H3,(H,28,32)/t24-,25-/m0/s1. The molecule has 0 unspecified atom stereocenters. The Morgan fingerprint density at radius 3 is 2.62 bits per heavy atom. The topological polar surface area (TPSA) is 42.3 Å². The summed E-state index contributed by atoms with van der Waals surface area (Å²) in [5.74, 6) is 0. The van der Waals surface area contributed by atoms with Crippen LogP contribution >= 0.6 is 12.2 Å². The van der Waals surface area contributed by atoms with Gasteiger partial charge < -0.3 is 19.5 Å². The van der Waals surface area contributed by atoms with E-state index in [2.05, 4.69) is 76.9 Å². The fourth-order valence-corrected chi connectivity index (χ4v) is 5.18. The zero-order valence-corrected chi connectivity index (χ0v) is 20.2. The maximum absolute atomic E-state index is 5.80. The highest BCUT2D eigenvalue weighted by atomic mass is 32.1. The van der Waals surface area contributed by atoms with E-state index < -0.39 is 0 Å². The average Bonchev–Trinajstić information content (AvgIpc) is 3.29. The maximum atomic E-state index is 5.80. The van der Waals surface area contributed by atoms with Crippen molar-refractivity contribution < 1.29 is 4.74 Å². The molecule has 2 atom stereocenters. The van der Waals surface area contributed by atoms with E-state index in [4.69, 9.17) is 17.0 Å². The van der Waals surface area contributed by atoms with Crippen LogP contribution in [0.25, 0.3) is 5.69 Å². The molecule has 168 valence electrons. The second kappa shape index (κ2) is 9.84. The van der Waals surface area contributed by atoms with Gasteiger partial charge in [0.2, 0.25) is 0 Å². The molecule has 6 heteroatoms. The molecule has 3 aromatic rings. The van der Waals surface area contributed by atoms with Gasteiger partial charge in [-0.1, -0.05) is 31.2 Å². The SMILES string of the molecule is CCc1ccccc1-n1c(C)cc([C@H]2[C@H](c3ccccn3)NC(=S)N2CCCOC)c1C. The van der Waals surface area contributed by atoms with E-state index in [0.717, 1.165) is 30.2 Å². The first kappa shape index (κ1) is 22.5. The Kier molecular flexibility index (Phi) is 6.92. The van der Waals surface area contributed by atoms with E-state index in [1.807, 2.05) is 18.3 Å². The molecule has 1 aliphatic heterocycles. The van der Waals surface area contributed by atoms with Gasteiger partial charge in [-0.05, 0) is 74.3 Å². The van der Waals surface area contributed by atoms with Crippen molar-refractivity contribution in [1.29, 1.82) is 0 Å². The Balaban J connectivity index is 1.81. The average molecular weight is 449 g/mol. The molecular weight excluding hydrogens is 416 g/mol. The zero-order chi connectivity index (χ0) is 22.7. The fourth-order valence-electron chi connectivity index (χ4n) is 4.85. The van der Waals surface area contributed by atoms with Crippen LogP contribution in [0.1, 0.15) is 53.6 Å². The summed E-state index contributed by atoms with van der Waals surface area (Å²) in [4.78, 5) is 6.98. The summed E-state index contributed by atoms with van der Waals surface area (Å²) in [7, 11) is 1.74. The predicted octanol–water partition coefficient (Wildman–Crippen LogP) is 5.06. The van der Waals surface area contributed by atoms with E-state index >= 15 is 0 Å². The molecule has 4 rings (SSSR count). The molecular formula is C26H32N4OS. The van der Waals surface area contributed by atoms with Crippen LogP contribution in [0.4, 0.5) is 0 Å². The van der Waals surface area contributed by atoms with Crippen LogP contribution in [-0.2, 0) is 11.2 Å². The molecule has 0 saturated carbocycles. The number of nitrogens with one attached hydrogen (secondary N) is 1. The number of benzene rings is 1. The summed E-state index contributed by atoms with van der Waals surface area (Å²) < 4.78 is 7.70. The van der Waals surface area contributed by atoms with Crippen molar-refractivity contribution in [2.75, 3.05) is 20.3 Å². The minimum atomic E-state index is 0.00149. The van der Waals surface area contributed by atoms with Gasteiger partial charge in [0.05, 0.1) is 17.8 Å². The van der Waals surface area contributed by atoms with Gasteiger partial charge in [0.25, 0.3) is 0 Å². The quantitative estimate of drug-likeness (QED) is 0.385. The first-order chi connectivity index (χ1) is 15.6. The zero-order valence-electron chi connectivity index (χ0n) is 19.3. The molecule has 0 amide bonds. The van der Waals surface area contributed by atoms with Gasteiger partial charge in [0, 0.05) is 43.5 Å². The van der Waals surface area contributed by atoms with Gasteiger partial charge in [-0.3, -0.25) is 4.98 Å². The van der Waals surface area contributed by atoms with Crippen molar-refractivity contribution in [1.82, 2.24) is 19.8 Å². The van der Waals surface area contributed by atoms with Crippen LogP contribution in [0, 0.1) is 13.8 Å². The summed E-state index contributed by atoms with van der Waals surface area (Å²) in [6.07, 6.45) is 3.77. The summed E-state index contributed by atoms with van der Waals surface area (Å²) in [5.41, 5.74) is 7.37. The highest BCUT2D eigenvalue weighted by Gasteiger charge is 2.41. The van der Waals surface area contributed by atoms with Crippen LogP contribution in [0.15, 0.2) is 54.7 Å². The maximum Gasteiger partial charge on any atom is 0.170 e. The lowest BCUT2D eigenvalue weighted by Crippen LogP contribution is -2.31. The number of rotatable bonds is 8. The van der Waals surface area contributed by atoms with E-state index in [0.29, 0.717) is 6.61 Å². The third-order valence-electron chi connectivity index (χ3n) is 6.35. The molecule has 1 aromatic carbocycles. The predicted molar refractivity (Wildman–Crippen MR) is 133 cm³/mol. The van der Waals surface area contributed by atoms with E-state index in [1.54, 1.807) is 7.11 Å². The molecule has 1 fully saturated rings. The van der Waals surface area contributed by atoms with Crippen LogP contribution in [0.3, 0.4) is 0 Å². The number of hydrogen-bond acceptors (Lipinski definition) is 3. The minimum absolute atomic E-state index is 0.00149. The van der Waals surface area contributed by atoms with Crippen molar-refractivity contribution in [3.63, 3.8) is 0 Å². The number of aryl methyl sites for hydroxylation is 2. The highest BCUT2D eigenvalue weighted by Crippen LogP contribution is 2.41. The third kappa shape index (κ3) is 4.17. The first-order valence-electron chi connectivity index (χ1n) is 11.3. The Morgan fingerprint density at radius 2 is 1.91 bits per heavy atom. The summed E-state index contributed by atoms with van der Waals surface area (Å²) >= 11 is 5.80. The van der Waals surface area contributed by atoms with Crippen molar-refractivity contribution in [2.45, 2.75) is 45.7 Å². The van der Waals surface area contributed by atoms with E-state index in [-0.39, 0.29) is 12.1 Å². The lowest BCUT2D eigenvalue weighted by atomic mass is 9.96. The van der Waals surface area contributed by atoms with E-state index in [1.165, 1.54) is 28.2 Å². The van der Waals surface area contributed by atoms with Crippen molar-refractivity contribution in [3.05, 3.63) is 82.9 Å². The normalized spacial score (nSPS) is 18.2. The number of ether oxygens (including phenoxy) is 1. The third-order valence-corrected chi connectivity index (χ3v) is 6.70. The number of hydrogen-bond donors (Lipinski definition) is 1. The lowest BCUT2D eigenvalue weighted by molar-refractivity contribution is 0.180. The summed E-state index contributed by atoms with van der Waals surface area (Å²) in [6, 6.07) is 17.1. The number of para-hydroxylation sites is 1. The molecule has 0 spiro atoms. The number of thiocarbonyl (C=S) groups is 1. The monoisotopic (exact) mass is 448 g/mol. The minimum Gasteiger partial charge on any atom is -0.385 e. The molecule has 5 nitrogen and oxygen atoms in total. The molecule has 0 bridgehead atoms. The Hall–Kier alpha value is -2.70. The molecule has 32 heavy (non-hydrogen) atoms. The van der Waals surface area contributed by atoms with Crippen LogP contribution in [-0.4, -0.2) is 39.8 Å². The van der Waals surface area contributed by atoms with Crippen LogP contribution in [0.2, 0.25) is 0 Å². The second-order valence-electron chi connectivity index (χ2n) is 8.31. The fraction of sp³-hybridized carbons (Fsp3) is 0.385. The number of pyridine rings is 1. The number of aromatic nitrogens is 2. The largest absolute Gasteiger partial charge is 0.385 e. The lowest BCUT2D eigenvalue weighted by Gasteiger charge is -2.28. The van der Waals surface area contributed by atoms with Crippen molar-refractivity contribution >= 4 is 17.3 Å². The van der Waals surface area contributed by atoms with Gasteiger partial charge in [-0.2, -0.15) is 0 Å². The number of nitrogens with zero attached hydrogens (tertiary/aromatic N) is 3. The van der Waals surface area contributed by atoms with Gasteiger partial charge in [-0.25, -0.2) is 0 Å². The van der Waals surface area contributed by atoms with Crippen LogP contribution in [0.5, 0.6) is 0 Å². The summed E-state index contributed by atoms with van der Waals surface area (Å²) in [5, 5.41) is 4.34. The van der Waals surface area contributed by atoms with E-state index in [9.17, 15) is 0 Å². The highest BCUT2D eigenvalue weighted by molar-refractivity contribution is 7.80. The van der Waals surface area contributed by atoms with Gasteiger partial charge in [0.15, 0.2) is 5.11 Å². The van der Waals surface area contributed by atoms with Gasteiger partial charge >= 0.3 is 0 Å². The Morgan fingerprint density at radius 1 is 1.12 bits per heavy atom. The molecule has 0 radical (unpaired) electrons. The molecule has 1 saturated heterocycles. The molecule has 0 aliphatic carbocycles.